The third kappa shape index (κ3) is 3.65. The monoisotopic (exact) mass is 380 g/mol. The van der Waals surface area contributed by atoms with E-state index in [-0.39, 0.29) is 18.4 Å². The maximum Gasteiger partial charge on any atom is 0.573 e. The van der Waals surface area contributed by atoms with Crippen LogP contribution in [0.1, 0.15) is 42.5 Å². The number of sulfone groups is 1. The highest BCUT2D eigenvalue weighted by Crippen LogP contribution is 2.40. The van der Waals surface area contributed by atoms with E-state index < -0.39 is 50.0 Å². The molecule has 2 aliphatic heterocycles. The van der Waals surface area contributed by atoms with Crippen LogP contribution in [0.2, 0.25) is 0 Å². The molecule has 3 rings (SSSR count). The predicted octanol–water partition coefficient (Wildman–Crippen LogP) is 3.65. The minimum atomic E-state index is -5.03. The highest BCUT2D eigenvalue weighted by atomic mass is 32.2. The summed E-state index contributed by atoms with van der Waals surface area (Å²) >= 11 is 0. The Morgan fingerprint density at radius 2 is 1.72 bits per heavy atom. The van der Waals surface area contributed by atoms with Gasteiger partial charge in [0.25, 0.3) is 0 Å². The molecule has 9 heteroatoms. The molecule has 0 aromatic heterocycles. The second-order valence-corrected chi connectivity index (χ2v) is 9.00. The summed E-state index contributed by atoms with van der Waals surface area (Å²) in [6.45, 7) is 0. The van der Waals surface area contributed by atoms with Gasteiger partial charge in [-0.1, -0.05) is 6.42 Å². The van der Waals surface area contributed by atoms with Gasteiger partial charge in [0.05, 0.1) is 10.5 Å². The molecule has 0 N–H and O–H groups in total. The smallest absolute Gasteiger partial charge is 0.403 e. The summed E-state index contributed by atoms with van der Waals surface area (Å²) < 4.78 is 78.3. The molecule has 2 bridgehead atoms. The van der Waals surface area contributed by atoms with E-state index in [2.05, 4.69) is 4.74 Å². The largest absolute Gasteiger partial charge is 0.573 e. The van der Waals surface area contributed by atoms with E-state index in [0.717, 1.165) is 18.6 Å². The molecular formula is C16H16F4O4S. The number of ether oxygens (including phenoxy) is 1. The van der Waals surface area contributed by atoms with Crippen LogP contribution >= 0.6 is 0 Å². The van der Waals surface area contributed by atoms with E-state index in [1.807, 2.05) is 0 Å². The van der Waals surface area contributed by atoms with Gasteiger partial charge in [-0.2, -0.15) is 0 Å². The molecule has 1 aromatic carbocycles. The number of fused-ring (bicyclic) bond motifs is 2. The lowest BCUT2D eigenvalue weighted by Gasteiger charge is -2.38. The highest BCUT2D eigenvalue weighted by Gasteiger charge is 2.46. The second-order valence-electron chi connectivity index (χ2n) is 6.49. The zero-order chi connectivity index (χ0) is 18.4. The number of Topliss-reactive ketones (excluding diaryl/α,β-unsaturated/α-hetero) is 1. The van der Waals surface area contributed by atoms with Gasteiger partial charge in [0.15, 0.2) is 27.2 Å². The number of alkyl halides is 3. The summed E-state index contributed by atoms with van der Waals surface area (Å²) in [4.78, 5) is 12.6. The van der Waals surface area contributed by atoms with Gasteiger partial charge in [-0.15, -0.1) is 13.2 Å². The zero-order valence-corrected chi connectivity index (χ0v) is 13.9. The maximum absolute atomic E-state index is 13.8. The first kappa shape index (κ1) is 18.2. The number of rotatable bonds is 3. The van der Waals surface area contributed by atoms with Crippen LogP contribution in [0.15, 0.2) is 18.2 Å². The van der Waals surface area contributed by atoms with Crippen LogP contribution in [0.3, 0.4) is 0 Å². The van der Waals surface area contributed by atoms with Crippen molar-refractivity contribution in [3.63, 3.8) is 0 Å². The number of benzene rings is 1. The summed E-state index contributed by atoms with van der Waals surface area (Å²) in [5.41, 5.74) is -0.0746. The van der Waals surface area contributed by atoms with Crippen molar-refractivity contribution in [2.45, 2.75) is 49.0 Å². The van der Waals surface area contributed by atoms with E-state index in [1.54, 1.807) is 0 Å². The predicted molar refractivity (Wildman–Crippen MR) is 80.5 cm³/mol. The standard InChI is InChI=1S/C16H16F4O4S/c17-13-8-9(4-5-14(13)24-16(18,19)20)15(21)10-6-11-2-1-3-12(7-10)25(11,22)23/h4-5,8,10-12H,1-3,6-7H2. The average molecular weight is 380 g/mol. The van der Waals surface area contributed by atoms with Crippen molar-refractivity contribution in [1.82, 2.24) is 0 Å². The maximum atomic E-state index is 13.8. The minimum absolute atomic E-state index is 0.0746. The van der Waals surface area contributed by atoms with Gasteiger partial charge >= 0.3 is 6.36 Å². The van der Waals surface area contributed by atoms with Crippen LogP contribution < -0.4 is 4.74 Å². The van der Waals surface area contributed by atoms with E-state index in [4.69, 9.17) is 0 Å². The van der Waals surface area contributed by atoms with E-state index in [9.17, 15) is 30.8 Å². The lowest BCUT2D eigenvalue weighted by molar-refractivity contribution is -0.275. The van der Waals surface area contributed by atoms with Crippen LogP contribution in [0, 0.1) is 11.7 Å². The summed E-state index contributed by atoms with van der Waals surface area (Å²) in [5.74, 6) is -3.30. The second kappa shape index (κ2) is 6.26. The fourth-order valence-electron chi connectivity index (χ4n) is 3.72. The first-order valence-corrected chi connectivity index (χ1v) is 9.51. The van der Waals surface area contributed by atoms with Crippen LogP contribution in [0.25, 0.3) is 0 Å². The molecule has 4 nitrogen and oxygen atoms in total. The summed E-state index contributed by atoms with van der Waals surface area (Å²) in [6, 6.07) is 2.55. The first-order chi connectivity index (χ1) is 11.6. The van der Waals surface area contributed by atoms with E-state index in [1.165, 1.54) is 0 Å². The van der Waals surface area contributed by atoms with Crippen LogP contribution in [0.4, 0.5) is 17.6 Å². The molecule has 2 fully saturated rings. The van der Waals surface area contributed by atoms with Gasteiger partial charge in [0, 0.05) is 11.5 Å². The Balaban J connectivity index is 1.79. The fraction of sp³-hybridized carbons (Fsp3) is 0.562. The van der Waals surface area contributed by atoms with Gasteiger partial charge in [0.2, 0.25) is 0 Å². The van der Waals surface area contributed by atoms with E-state index in [0.29, 0.717) is 18.9 Å². The lowest BCUT2D eigenvalue weighted by Crippen LogP contribution is -2.45. The van der Waals surface area contributed by atoms with Gasteiger partial charge in [-0.05, 0) is 43.9 Å². The van der Waals surface area contributed by atoms with Crippen molar-refractivity contribution in [2.75, 3.05) is 0 Å². The minimum Gasteiger partial charge on any atom is -0.403 e. The Morgan fingerprint density at radius 1 is 1.12 bits per heavy atom. The summed E-state index contributed by atoms with van der Waals surface area (Å²) in [7, 11) is -3.22. The number of hydrogen-bond acceptors (Lipinski definition) is 4. The molecule has 0 amide bonds. The quantitative estimate of drug-likeness (QED) is 0.593. The van der Waals surface area contributed by atoms with Crippen LogP contribution in [0.5, 0.6) is 5.75 Å². The number of ketones is 1. The molecule has 2 heterocycles. The SMILES string of the molecule is O=C(c1ccc(OC(F)(F)F)c(F)c1)C1CC2CCCC(C1)S2(=O)=O. The van der Waals surface area contributed by atoms with Crippen molar-refractivity contribution in [2.24, 2.45) is 5.92 Å². The van der Waals surface area contributed by atoms with Gasteiger partial charge in [-0.25, -0.2) is 12.8 Å². The Hall–Kier alpha value is -1.64. The molecule has 0 saturated carbocycles. The number of halogens is 4. The molecule has 2 unspecified atom stereocenters. The summed E-state index contributed by atoms with van der Waals surface area (Å²) in [6.07, 6.45) is -2.85. The van der Waals surface area contributed by atoms with Gasteiger partial charge in [0.1, 0.15) is 0 Å². The molecule has 0 spiro atoms. The lowest BCUT2D eigenvalue weighted by atomic mass is 9.84. The summed E-state index contributed by atoms with van der Waals surface area (Å²) in [5, 5.41) is -1.13. The number of carbonyl (C=O) groups is 1. The van der Waals surface area contributed by atoms with Crippen molar-refractivity contribution >= 4 is 15.6 Å². The Bertz CT molecular complexity index is 768. The van der Waals surface area contributed by atoms with Crippen molar-refractivity contribution in [3.8, 4) is 5.75 Å². The zero-order valence-electron chi connectivity index (χ0n) is 13.1. The highest BCUT2D eigenvalue weighted by molar-refractivity contribution is 7.92. The molecule has 25 heavy (non-hydrogen) atoms. The van der Waals surface area contributed by atoms with Gasteiger partial charge in [-0.3, -0.25) is 4.79 Å². The molecular weight excluding hydrogens is 364 g/mol. The Morgan fingerprint density at radius 3 is 2.24 bits per heavy atom. The van der Waals surface area contributed by atoms with Crippen LogP contribution in [-0.2, 0) is 9.84 Å². The molecule has 2 atom stereocenters. The molecule has 2 saturated heterocycles. The molecule has 138 valence electrons. The number of hydrogen-bond donors (Lipinski definition) is 0. The Labute approximate surface area is 142 Å². The average Bonchev–Trinajstić information content (AvgIpc) is 2.46. The Kier molecular flexibility index (Phi) is 4.55. The van der Waals surface area contributed by atoms with Crippen molar-refractivity contribution in [1.29, 1.82) is 0 Å². The molecule has 2 aliphatic rings. The number of carbonyl (C=O) groups excluding carboxylic acids is 1. The first-order valence-electron chi connectivity index (χ1n) is 7.90. The van der Waals surface area contributed by atoms with E-state index >= 15 is 0 Å². The molecule has 0 aliphatic carbocycles. The van der Waals surface area contributed by atoms with Crippen molar-refractivity contribution in [3.05, 3.63) is 29.6 Å². The van der Waals surface area contributed by atoms with Crippen LogP contribution in [-0.4, -0.2) is 31.1 Å². The normalized spacial score (nSPS) is 28.4. The van der Waals surface area contributed by atoms with Gasteiger partial charge < -0.3 is 4.74 Å². The van der Waals surface area contributed by atoms with Crippen molar-refractivity contribution < 1.29 is 35.5 Å². The molecule has 1 aromatic rings. The topological polar surface area (TPSA) is 60.4 Å². The fourth-order valence-corrected chi connectivity index (χ4v) is 6.26. The third-order valence-electron chi connectivity index (χ3n) is 4.89. The molecule has 0 radical (unpaired) electrons. The third-order valence-corrected chi connectivity index (χ3v) is 7.60.